The molecule has 0 aliphatic carbocycles. The van der Waals surface area contributed by atoms with Crippen molar-refractivity contribution in [1.82, 2.24) is 19.6 Å². The molecular formula is C94H100N8O10. The van der Waals surface area contributed by atoms with E-state index >= 15 is 0 Å². The van der Waals surface area contributed by atoms with Crippen molar-refractivity contribution in [3.05, 3.63) is 248 Å². The fraction of sp³-hybridized carbons (Fsp3) is 0.340. The van der Waals surface area contributed by atoms with Gasteiger partial charge in [0.15, 0.2) is 23.0 Å². The van der Waals surface area contributed by atoms with Crippen LogP contribution >= 0.6 is 0 Å². The molecule has 0 radical (unpaired) electrons. The van der Waals surface area contributed by atoms with Crippen LogP contribution in [0.1, 0.15) is 190 Å². The highest BCUT2D eigenvalue weighted by Crippen LogP contribution is 2.45. The molecule has 0 saturated carbocycles. The Bertz CT molecular complexity index is 5180. The van der Waals surface area contributed by atoms with Gasteiger partial charge >= 0.3 is 0 Å². The molecule has 8 aliphatic rings. The monoisotopic (exact) mass is 1500 g/mol. The number of ether oxygens (including phenoxy) is 6. The molecule has 18 heteroatoms. The molecule has 18 nitrogen and oxygen atoms in total. The van der Waals surface area contributed by atoms with Crippen LogP contribution in [0.4, 0.5) is 22.7 Å². The normalized spacial score (nSPS) is 18.6. The minimum absolute atomic E-state index is 0.00177. The second kappa shape index (κ2) is 31.6. The van der Waals surface area contributed by atoms with E-state index < -0.39 is 0 Å². The number of hydrogen-bond acceptors (Lipinski definition) is 14. The van der Waals surface area contributed by atoms with E-state index in [1.807, 2.05) is 91.1 Å². The van der Waals surface area contributed by atoms with Gasteiger partial charge in [0.2, 0.25) is 0 Å². The van der Waals surface area contributed by atoms with Gasteiger partial charge in [-0.15, -0.1) is 0 Å². The maximum absolute atomic E-state index is 13.9. The van der Waals surface area contributed by atoms with Crippen molar-refractivity contribution < 1.29 is 47.6 Å². The molecule has 8 aromatic carbocycles. The number of rotatable bonds is 20. The third-order valence-electron chi connectivity index (χ3n) is 21.9. The minimum atomic E-state index is -0.153. The van der Waals surface area contributed by atoms with Crippen LogP contribution in [0.5, 0.6) is 34.5 Å². The molecule has 112 heavy (non-hydrogen) atoms. The lowest BCUT2D eigenvalue weighted by atomic mass is 9.96. The number of amides is 4. The van der Waals surface area contributed by atoms with Crippen LogP contribution in [0.25, 0.3) is 22.3 Å². The number of hydrogen-bond donors (Lipinski definition) is 2. The molecular weight excluding hydrogens is 1400 g/mol. The summed E-state index contributed by atoms with van der Waals surface area (Å²) in [6, 6.07) is 48.8. The van der Waals surface area contributed by atoms with Crippen molar-refractivity contribution in [3.63, 3.8) is 0 Å². The van der Waals surface area contributed by atoms with Gasteiger partial charge < -0.3 is 58.7 Å². The van der Waals surface area contributed by atoms with E-state index in [9.17, 15) is 19.2 Å². The zero-order chi connectivity index (χ0) is 78.3. The first-order valence-electron chi connectivity index (χ1n) is 39.2. The predicted octanol–water partition coefficient (Wildman–Crippen LogP) is 19.1. The van der Waals surface area contributed by atoms with Crippen molar-refractivity contribution in [2.24, 2.45) is 9.98 Å². The number of carbonyl (C=O) groups is 4. The molecule has 0 aromatic heterocycles. The average Bonchev–Trinajstić information content (AvgIpc) is 1.73. The lowest BCUT2D eigenvalue weighted by Crippen LogP contribution is -2.32. The van der Waals surface area contributed by atoms with Crippen molar-refractivity contribution in [1.29, 1.82) is 0 Å². The molecule has 0 spiro atoms. The molecule has 0 saturated heterocycles. The van der Waals surface area contributed by atoms with Crippen LogP contribution in [-0.4, -0.2) is 132 Å². The zero-order valence-corrected chi connectivity index (χ0v) is 66.3. The number of nitrogens with zero attached hydrogens (tertiary/aromatic N) is 6. The maximum Gasteiger partial charge on any atom is 0.260 e. The summed E-state index contributed by atoms with van der Waals surface area (Å²) in [7, 11) is 3.18. The Labute approximate surface area is 657 Å². The summed E-state index contributed by atoms with van der Waals surface area (Å²) in [4.78, 5) is 72.2. The van der Waals surface area contributed by atoms with Crippen molar-refractivity contribution in [2.75, 3.05) is 51.3 Å². The lowest BCUT2D eigenvalue weighted by Gasteiger charge is -2.22. The zero-order valence-electron chi connectivity index (χ0n) is 66.3. The van der Waals surface area contributed by atoms with Gasteiger partial charge in [-0.25, -0.2) is 0 Å². The van der Waals surface area contributed by atoms with E-state index in [0.717, 1.165) is 111 Å². The summed E-state index contributed by atoms with van der Waals surface area (Å²) in [6.45, 7) is 22.6. The van der Waals surface area contributed by atoms with E-state index in [1.165, 1.54) is 27.8 Å². The highest BCUT2D eigenvalue weighted by molar-refractivity contribution is 6.07. The summed E-state index contributed by atoms with van der Waals surface area (Å²) < 4.78 is 36.2. The Morgan fingerprint density at radius 3 is 1.14 bits per heavy atom. The van der Waals surface area contributed by atoms with Gasteiger partial charge in [0.05, 0.1) is 75.2 Å². The maximum atomic E-state index is 13.9. The van der Waals surface area contributed by atoms with E-state index in [2.05, 4.69) is 169 Å². The number of nitrogens with one attached hydrogen (secondary N) is 2. The van der Waals surface area contributed by atoms with Crippen LogP contribution in [0.2, 0.25) is 0 Å². The Morgan fingerprint density at radius 2 is 0.714 bits per heavy atom. The van der Waals surface area contributed by atoms with Gasteiger partial charge in [0, 0.05) is 121 Å². The number of aryl methyl sites for hydroxylation is 6. The summed E-state index contributed by atoms with van der Waals surface area (Å²) in [6.07, 6.45) is 19.4. The van der Waals surface area contributed by atoms with Crippen LogP contribution < -0.4 is 39.1 Å². The average molecular weight is 1500 g/mol. The highest BCUT2D eigenvalue weighted by atomic mass is 16.5. The molecule has 8 aliphatic heterocycles. The van der Waals surface area contributed by atoms with Gasteiger partial charge in [-0.3, -0.25) is 29.2 Å². The third kappa shape index (κ3) is 16.4. The molecule has 8 heterocycles. The standard InChI is InChI=1S/2C47H50N4O5/c1-29-8-10-31(11-9-29)35-22-38-26-48-41-25-44(43(54-6)24-40(41)46(53)51(38)28-35)56-19-7-18-55-42-23-33-14-17-37-21-34(27-50(37)45(52)39(33)20-30(42)2)32-12-15-36(16-13-32)49-47(3,4)5;1-29-8-10-31(11-9-29)34-21-37-17-14-33-23-44(43(54-6)24-39(33)45(52)50(37)27-34)56-19-7-18-55-42-25-41-40(20-30(42)2)46(53)51-28-35(22-38(51)26-48-41)32-12-15-36(16-13-32)49-47(3,4)5/h2*8-13,15-16,20,23-28,37-38,49H,7,14,17-19,21-22H2,1-6H3/t2*37-,38+/m11/s1. The molecule has 0 unspecified atom stereocenters. The topological polar surface area (TPSA) is 185 Å². The van der Waals surface area contributed by atoms with E-state index in [-0.39, 0.29) is 58.9 Å². The van der Waals surface area contributed by atoms with Crippen LogP contribution in [-0.2, 0) is 12.8 Å². The lowest BCUT2D eigenvalue weighted by molar-refractivity contribution is 0.0780. The highest BCUT2D eigenvalue weighted by Gasteiger charge is 2.39. The van der Waals surface area contributed by atoms with Gasteiger partial charge in [0.1, 0.15) is 11.5 Å². The summed E-state index contributed by atoms with van der Waals surface area (Å²) in [5.74, 6) is 3.53. The van der Waals surface area contributed by atoms with Gasteiger partial charge in [-0.2, -0.15) is 0 Å². The van der Waals surface area contributed by atoms with Crippen LogP contribution in [0.3, 0.4) is 0 Å². The Morgan fingerprint density at radius 1 is 0.384 bits per heavy atom. The Balaban J connectivity index is 0.000000177. The van der Waals surface area contributed by atoms with Crippen LogP contribution in [0.15, 0.2) is 180 Å². The molecule has 16 rings (SSSR count). The summed E-state index contributed by atoms with van der Waals surface area (Å²) >= 11 is 0. The molecule has 0 bridgehead atoms. The van der Waals surface area contributed by atoms with Crippen molar-refractivity contribution in [2.45, 2.75) is 169 Å². The number of fused-ring (bicyclic) bond motifs is 8. The second-order valence-corrected chi connectivity index (χ2v) is 32.7. The molecule has 8 aromatic rings. The SMILES string of the molecule is COc1cc2c(cc1OCCCOc1cc3c(cc1C)C(=O)N1C=C(c4ccc(NC(C)(C)C)cc4)C[C@H]1C=N3)CC[C@@H]1CC(c3ccc(C)cc3)=CN1C2=O.COc1cc2c(cc1OCCCOc1cc3c(cc1C)C(=O)N1C=C(c4ccc(NC(C)(C)C)cc4)C[C@H]1CC3)N=C[C@@H]1CC(c3ccc(C)cc3)=CN1C2=O. The molecule has 4 atom stereocenters. The Hall–Kier alpha value is -11.7. The number of aliphatic imine (C=N–C) groups is 2. The van der Waals surface area contributed by atoms with Crippen molar-refractivity contribution >= 4 is 81.1 Å². The first-order chi connectivity index (χ1) is 53.9. The molecule has 4 amide bonds. The molecule has 2 N–H and O–H groups in total. The first kappa shape index (κ1) is 75.7. The number of carbonyl (C=O) groups excluding carboxylic acids is 4. The van der Waals surface area contributed by atoms with Crippen LogP contribution in [0, 0.1) is 27.7 Å². The number of anilines is 2. The number of methoxy groups -OCH3 is 2. The van der Waals surface area contributed by atoms with E-state index in [0.29, 0.717) is 109 Å². The fourth-order valence-electron chi connectivity index (χ4n) is 16.1. The fourth-order valence-corrected chi connectivity index (χ4v) is 16.1. The summed E-state index contributed by atoms with van der Waals surface area (Å²) in [5.41, 5.74) is 21.1. The Kier molecular flexibility index (Phi) is 21.4. The summed E-state index contributed by atoms with van der Waals surface area (Å²) in [5, 5.41) is 7.02. The second-order valence-electron chi connectivity index (χ2n) is 32.7. The van der Waals surface area contributed by atoms with Gasteiger partial charge in [-0.1, -0.05) is 83.9 Å². The first-order valence-corrected chi connectivity index (χ1v) is 39.2. The number of benzene rings is 8. The quantitative estimate of drug-likeness (QED) is 0.0689. The molecule has 576 valence electrons. The van der Waals surface area contributed by atoms with Crippen molar-refractivity contribution in [3.8, 4) is 34.5 Å². The third-order valence-corrected chi connectivity index (χ3v) is 21.9. The predicted molar refractivity (Wildman–Crippen MR) is 445 cm³/mol. The molecule has 0 fully saturated rings. The van der Waals surface area contributed by atoms with E-state index in [1.54, 1.807) is 36.2 Å². The van der Waals surface area contributed by atoms with E-state index in [4.69, 9.17) is 38.4 Å². The van der Waals surface area contributed by atoms with Gasteiger partial charge in [0.25, 0.3) is 23.6 Å². The smallest absolute Gasteiger partial charge is 0.260 e. The minimum Gasteiger partial charge on any atom is -0.493 e. The van der Waals surface area contributed by atoms with Gasteiger partial charge in [-0.05, 0) is 235 Å². The largest absolute Gasteiger partial charge is 0.493 e.